The van der Waals surface area contributed by atoms with Crippen molar-refractivity contribution in [1.29, 1.82) is 0 Å². The minimum atomic E-state index is 0.605. The number of fused-ring (bicyclic) bond motifs is 11. The Morgan fingerprint density at radius 3 is 1.11 bits per heavy atom. The molecule has 4 heterocycles. The molecule has 5 nitrogen and oxygen atoms in total. The standard InChI is InChI=1S/C69H43N5S/c1-4-17-44(18-5-1)47-33-35-48(36-34-47)67-70-68(51-25-14-23-49(41-51)45-19-6-2-7-20-45)72-69(71-67)52-26-16-28-54(43-52)74-62-32-13-11-30-56(62)58-38-40-60-59-39-37-57-55-29-10-12-31-61(55)73(63(57)65(59)75-66(60)64(58)74)53-27-15-24-50(42-53)46-21-8-3-9-22-46/h1-43H. The van der Waals surface area contributed by atoms with Gasteiger partial charge >= 0.3 is 0 Å². The maximum Gasteiger partial charge on any atom is 0.164 e. The van der Waals surface area contributed by atoms with E-state index in [9.17, 15) is 0 Å². The highest BCUT2D eigenvalue weighted by atomic mass is 32.1. The van der Waals surface area contributed by atoms with Crippen LogP contribution in [0.3, 0.4) is 0 Å². The molecule has 15 aromatic rings. The van der Waals surface area contributed by atoms with Crippen molar-refractivity contribution < 1.29 is 0 Å². The first kappa shape index (κ1) is 42.9. The second-order valence-electron chi connectivity index (χ2n) is 19.1. The molecule has 0 aliphatic rings. The molecule has 0 bridgehead atoms. The van der Waals surface area contributed by atoms with Gasteiger partial charge in [0.2, 0.25) is 0 Å². The predicted molar refractivity (Wildman–Crippen MR) is 314 cm³/mol. The van der Waals surface area contributed by atoms with Crippen LogP contribution < -0.4 is 0 Å². The third kappa shape index (κ3) is 7.18. The van der Waals surface area contributed by atoms with Crippen LogP contribution in [0.25, 0.3) is 143 Å². The zero-order valence-electron chi connectivity index (χ0n) is 40.5. The summed E-state index contributed by atoms with van der Waals surface area (Å²) in [6.45, 7) is 0. The van der Waals surface area contributed by atoms with Gasteiger partial charge in [-0.1, -0.05) is 218 Å². The van der Waals surface area contributed by atoms with Crippen molar-refractivity contribution >= 4 is 75.1 Å². The molecule has 0 unspecified atom stereocenters. The van der Waals surface area contributed by atoms with E-state index in [-0.39, 0.29) is 0 Å². The van der Waals surface area contributed by atoms with Crippen LogP contribution in [0.15, 0.2) is 261 Å². The minimum Gasteiger partial charge on any atom is -0.308 e. The SMILES string of the molecule is c1ccc(-c2ccc(-c3nc(-c4cccc(-c5ccccc5)c4)nc(-c4cccc(-n5c6ccccc6c6ccc7c8ccc9c%10ccccc%10n(-c%10cccc(-c%11ccccc%11)c%10)c9c8sc7c65)c4)n3)cc2)cc1. The second kappa shape index (κ2) is 17.5. The summed E-state index contributed by atoms with van der Waals surface area (Å²) in [5.41, 5.74) is 16.6. The molecule has 0 fully saturated rings. The maximum absolute atomic E-state index is 5.30. The maximum atomic E-state index is 5.30. The fourth-order valence-corrected chi connectivity index (χ4v) is 12.6. The average molecular weight is 974 g/mol. The molecule has 0 saturated carbocycles. The number of rotatable bonds is 8. The van der Waals surface area contributed by atoms with E-state index in [4.69, 9.17) is 15.0 Å². The zero-order valence-corrected chi connectivity index (χ0v) is 41.3. The summed E-state index contributed by atoms with van der Waals surface area (Å²) in [5, 5.41) is 7.39. The van der Waals surface area contributed by atoms with Crippen molar-refractivity contribution in [3.63, 3.8) is 0 Å². The number of nitrogens with zero attached hydrogens (tertiary/aromatic N) is 5. The largest absolute Gasteiger partial charge is 0.308 e. The third-order valence-corrected chi connectivity index (χ3v) is 16.0. The lowest BCUT2D eigenvalue weighted by atomic mass is 10.0. The topological polar surface area (TPSA) is 48.5 Å². The van der Waals surface area contributed by atoms with E-state index in [2.05, 4.69) is 258 Å². The smallest absolute Gasteiger partial charge is 0.164 e. The first-order valence-electron chi connectivity index (χ1n) is 25.3. The first-order valence-corrected chi connectivity index (χ1v) is 26.2. The van der Waals surface area contributed by atoms with Gasteiger partial charge in [0.05, 0.1) is 31.5 Å². The van der Waals surface area contributed by atoms with E-state index in [1.807, 2.05) is 23.5 Å². The highest BCUT2D eigenvalue weighted by Gasteiger charge is 2.23. The Hall–Kier alpha value is -9.75. The van der Waals surface area contributed by atoms with Crippen LogP contribution in [0, 0.1) is 0 Å². The fourth-order valence-electron chi connectivity index (χ4n) is 11.2. The highest BCUT2D eigenvalue weighted by molar-refractivity contribution is 7.27. The molecule has 75 heavy (non-hydrogen) atoms. The van der Waals surface area contributed by atoms with E-state index in [0.29, 0.717) is 17.5 Å². The van der Waals surface area contributed by atoms with E-state index in [1.54, 1.807) is 0 Å². The third-order valence-electron chi connectivity index (χ3n) is 14.8. The minimum absolute atomic E-state index is 0.605. The van der Waals surface area contributed by atoms with Crippen LogP contribution in [-0.4, -0.2) is 24.1 Å². The fraction of sp³-hybridized carbons (Fsp3) is 0. The van der Waals surface area contributed by atoms with Crippen molar-refractivity contribution in [3.8, 4) is 78.9 Å². The molecule has 6 heteroatoms. The zero-order chi connectivity index (χ0) is 49.4. The Bertz CT molecular complexity index is 4690. The Morgan fingerprint density at radius 1 is 0.240 bits per heavy atom. The highest BCUT2D eigenvalue weighted by Crippen LogP contribution is 2.47. The van der Waals surface area contributed by atoms with Crippen LogP contribution in [0.1, 0.15) is 0 Å². The quantitative estimate of drug-likeness (QED) is 0.152. The van der Waals surface area contributed by atoms with E-state index < -0.39 is 0 Å². The van der Waals surface area contributed by atoms with Crippen molar-refractivity contribution in [2.75, 3.05) is 0 Å². The van der Waals surface area contributed by atoms with Gasteiger partial charge in [0.1, 0.15) is 0 Å². The van der Waals surface area contributed by atoms with E-state index >= 15 is 0 Å². The van der Waals surface area contributed by atoms with Crippen LogP contribution >= 0.6 is 11.3 Å². The molecule has 350 valence electrons. The number of para-hydroxylation sites is 2. The van der Waals surface area contributed by atoms with Gasteiger partial charge in [-0.2, -0.15) is 0 Å². The van der Waals surface area contributed by atoms with Crippen molar-refractivity contribution in [3.05, 3.63) is 261 Å². The summed E-state index contributed by atoms with van der Waals surface area (Å²) in [7, 11) is 0. The number of thiophene rings is 1. The molecule has 0 atom stereocenters. The predicted octanol–water partition coefficient (Wildman–Crippen LogP) is 18.4. The lowest BCUT2D eigenvalue weighted by molar-refractivity contribution is 1.07. The van der Waals surface area contributed by atoms with Gasteiger partial charge in [0.25, 0.3) is 0 Å². The number of aromatic nitrogens is 5. The van der Waals surface area contributed by atoms with Crippen LogP contribution in [0.2, 0.25) is 0 Å². The van der Waals surface area contributed by atoms with Gasteiger partial charge in [-0.25, -0.2) is 15.0 Å². The first-order chi connectivity index (χ1) is 37.2. The normalized spacial score (nSPS) is 11.7. The van der Waals surface area contributed by atoms with Gasteiger partial charge < -0.3 is 9.13 Å². The monoisotopic (exact) mass is 973 g/mol. The second-order valence-corrected chi connectivity index (χ2v) is 20.2. The number of hydrogen-bond acceptors (Lipinski definition) is 4. The van der Waals surface area contributed by atoms with Gasteiger partial charge in [0, 0.05) is 60.4 Å². The Labute approximate surface area is 436 Å². The van der Waals surface area contributed by atoms with Crippen molar-refractivity contribution in [2.45, 2.75) is 0 Å². The number of benzene rings is 11. The van der Waals surface area contributed by atoms with Crippen molar-refractivity contribution in [1.82, 2.24) is 24.1 Å². The lowest BCUT2D eigenvalue weighted by Crippen LogP contribution is -2.01. The summed E-state index contributed by atoms with van der Waals surface area (Å²) in [4.78, 5) is 15.8. The molecule has 15 rings (SSSR count). The van der Waals surface area contributed by atoms with E-state index in [0.717, 1.165) is 55.8 Å². The van der Waals surface area contributed by atoms with Crippen LogP contribution in [0.5, 0.6) is 0 Å². The Balaban J connectivity index is 0.928. The van der Waals surface area contributed by atoms with Gasteiger partial charge in [0.15, 0.2) is 17.5 Å². The van der Waals surface area contributed by atoms with Gasteiger partial charge in [-0.15, -0.1) is 11.3 Å². The molecule has 0 amide bonds. The molecule has 0 spiro atoms. The Kier molecular flexibility index (Phi) is 10.00. The van der Waals surface area contributed by atoms with Crippen molar-refractivity contribution in [2.24, 2.45) is 0 Å². The molecule has 0 N–H and O–H groups in total. The summed E-state index contributed by atoms with van der Waals surface area (Å²) >= 11 is 1.89. The molecule has 0 aliphatic carbocycles. The molecular formula is C69H43N5S. The van der Waals surface area contributed by atoms with Gasteiger partial charge in [-0.05, 0) is 75.8 Å². The summed E-state index contributed by atoms with van der Waals surface area (Å²) < 4.78 is 7.45. The van der Waals surface area contributed by atoms with E-state index in [1.165, 1.54) is 69.4 Å². The average Bonchev–Trinajstić information content (AvgIpc) is 4.21. The van der Waals surface area contributed by atoms with Gasteiger partial charge in [-0.3, -0.25) is 0 Å². The Morgan fingerprint density at radius 2 is 0.587 bits per heavy atom. The molecule has 0 radical (unpaired) electrons. The summed E-state index contributed by atoms with van der Waals surface area (Å²) in [5.74, 6) is 1.84. The van der Waals surface area contributed by atoms with Crippen LogP contribution in [-0.2, 0) is 0 Å². The summed E-state index contributed by atoms with van der Waals surface area (Å²) in [6, 6.07) is 93.3. The summed E-state index contributed by atoms with van der Waals surface area (Å²) in [6.07, 6.45) is 0. The lowest BCUT2D eigenvalue weighted by Gasteiger charge is -2.12. The molecular weight excluding hydrogens is 931 g/mol. The molecule has 0 aliphatic heterocycles. The molecule has 0 saturated heterocycles. The molecule has 11 aromatic carbocycles. The van der Waals surface area contributed by atoms with Crippen LogP contribution in [0.4, 0.5) is 0 Å². The number of hydrogen-bond donors (Lipinski definition) is 0. The molecule has 4 aromatic heterocycles.